The maximum absolute atomic E-state index is 11.2. The van der Waals surface area contributed by atoms with Gasteiger partial charge in [0.1, 0.15) is 0 Å². The molecule has 6 nitrogen and oxygen atoms in total. The smallest absolute Gasteiger partial charge is 0.305 e. The predicted octanol–water partition coefficient (Wildman–Crippen LogP) is -0.798. The quantitative estimate of drug-likeness (QED) is 0.464. The number of methoxy groups -OCH3 is 1. The van der Waals surface area contributed by atoms with E-state index >= 15 is 0 Å². The zero-order chi connectivity index (χ0) is 11.7. The zero-order valence-electron chi connectivity index (χ0n) is 9.08. The van der Waals surface area contributed by atoms with Crippen molar-refractivity contribution in [1.82, 2.24) is 10.6 Å². The molecule has 3 N–H and O–H groups in total. The van der Waals surface area contributed by atoms with Gasteiger partial charge in [-0.1, -0.05) is 0 Å². The predicted molar refractivity (Wildman–Crippen MR) is 54.6 cm³/mol. The highest BCUT2D eigenvalue weighted by Gasteiger charge is 2.09. The number of carboxylic acid groups (broad SMARTS) is 1. The molecule has 15 heavy (non-hydrogen) atoms. The molecule has 0 aliphatic carbocycles. The van der Waals surface area contributed by atoms with Gasteiger partial charge < -0.3 is 20.5 Å². The summed E-state index contributed by atoms with van der Waals surface area (Å²) in [5.41, 5.74) is 0. The number of carbonyl (C=O) groups excluding carboxylic acids is 1. The Bertz CT molecular complexity index is 208. The van der Waals surface area contributed by atoms with Crippen LogP contribution in [-0.2, 0) is 14.3 Å². The van der Waals surface area contributed by atoms with E-state index in [4.69, 9.17) is 9.84 Å². The summed E-state index contributed by atoms with van der Waals surface area (Å²) in [6.07, 6.45) is -0.0657. The second-order valence-electron chi connectivity index (χ2n) is 3.24. The number of nitrogens with one attached hydrogen (secondary N) is 2. The van der Waals surface area contributed by atoms with E-state index in [0.29, 0.717) is 13.2 Å². The first-order chi connectivity index (χ1) is 7.06. The van der Waals surface area contributed by atoms with Crippen LogP contribution in [0.25, 0.3) is 0 Å². The highest BCUT2D eigenvalue weighted by molar-refractivity contribution is 5.79. The summed E-state index contributed by atoms with van der Waals surface area (Å²) < 4.78 is 4.79. The molecule has 0 aromatic heterocycles. The van der Waals surface area contributed by atoms with Gasteiger partial charge in [0, 0.05) is 19.7 Å². The summed E-state index contributed by atoms with van der Waals surface area (Å²) in [7, 11) is 1.58. The van der Waals surface area contributed by atoms with E-state index in [2.05, 4.69) is 10.6 Å². The Balaban J connectivity index is 3.51. The first-order valence-corrected chi connectivity index (χ1v) is 4.77. The fraction of sp³-hybridized carbons (Fsp3) is 0.778. The van der Waals surface area contributed by atoms with E-state index in [-0.39, 0.29) is 24.9 Å². The Kier molecular flexibility index (Phi) is 7.57. The Morgan fingerprint density at radius 3 is 2.67 bits per heavy atom. The molecule has 0 heterocycles. The molecular weight excluding hydrogens is 200 g/mol. The van der Waals surface area contributed by atoms with Crippen LogP contribution < -0.4 is 10.6 Å². The van der Waals surface area contributed by atoms with Crippen molar-refractivity contribution in [3.8, 4) is 0 Å². The number of carbonyl (C=O) groups is 2. The molecule has 6 heteroatoms. The van der Waals surface area contributed by atoms with Crippen molar-refractivity contribution in [1.29, 1.82) is 0 Å². The van der Waals surface area contributed by atoms with Gasteiger partial charge in [0.05, 0.1) is 19.6 Å². The van der Waals surface area contributed by atoms with Gasteiger partial charge in [-0.2, -0.15) is 0 Å². The van der Waals surface area contributed by atoms with Crippen molar-refractivity contribution >= 4 is 11.9 Å². The molecule has 1 amide bonds. The third-order valence-corrected chi connectivity index (χ3v) is 1.66. The van der Waals surface area contributed by atoms with E-state index in [1.807, 2.05) is 0 Å². The lowest BCUT2D eigenvalue weighted by Gasteiger charge is -2.11. The maximum Gasteiger partial charge on any atom is 0.305 e. The summed E-state index contributed by atoms with van der Waals surface area (Å²) >= 11 is 0. The van der Waals surface area contributed by atoms with Crippen LogP contribution in [0, 0.1) is 0 Å². The van der Waals surface area contributed by atoms with Crippen LogP contribution in [0.2, 0.25) is 0 Å². The molecule has 1 atom stereocenters. The van der Waals surface area contributed by atoms with E-state index < -0.39 is 5.97 Å². The molecule has 1 unspecified atom stereocenters. The number of carboxylic acids is 1. The number of hydrogen-bond acceptors (Lipinski definition) is 4. The monoisotopic (exact) mass is 218 g/mol. The lowest BCUT2D eigenvalue weighted by molar-refractivity contribution is -0.137. The molecule has 0 fully saturated rings. The molecule has 0 bridgehead atoms. The Morgan fingerprint density at radius 2 is 2.13 bits per heavy atom. The minimum Gasteiger partial charge on any atom is -0.481 e. The van der Waals surface area contributed by atoms with E-state index in [1.165, 1.54) is 0 Å². The first kappa shape index (κ1) is 13.9. The number of hydrogen-bond donors (Lipinski definition) is 3. The van der Waals surface area contributed by atoms with Crippen LogP contribution in [0.4, 0.5) is 0 Å². The van der Waals surface area contributed by atoms with Gasteiger partial charge in [0.15, 0.2) is 0 Å². The van der Waals surface area contributed by atoms with Gasteiger partial charge in [-0.05, 0) is 6.92 Å². The maximum atomic E-state index is 11.2. The van der Waals surface area contributed by atoms with Gasteiger partial charge in [-0.3, -0.25) is 9.59 Å². The minimum atomic E-state index is -0.921. The average Bonchev–Trinajstić information content (AvgIpc) is 2.10. The van der Waals surface area contributed by atoms with Crippen LogP contribution in [-0.4, -0.2) is 49.8 Å². The molecule has 0 rings (SSSR count). The Hall–Kier alpha value is -1.14. The summed E-state index contributed by atoms with van der Waals surface area (Å²) in [4.78, 5) is 21.5. The van der Waals surface area contributed by atoms with Crippen LogP contribution >= 0.6 is 0 Å². The topological polar surface area (TPSA) is 87.7 Å². The van der Waals surface area contributed by atoms with Gasteiger partial charge in [0.25, 0.3) is 0 Å². The second kappa shape index (κ2) is 8.19. The summed E-state index contributed by atoms with van der Waals surface area (Å²) in [5.74, 6) is -1.13. The molecule has 0 radical (unpaired) electrons. The highest BCUT2D eigenvalue weighted by atomic mass is 16.5. The molecule has 0 aliphatic rings. The van der Waals surface area contributed by atoms with Crippen molar-refractivity contribution in [2.24, 2.45) is 0 Å². The molecule has 0 aromatic carbocycles. The molecular formula is C9H18N2O4. The van der Waals surface area contributed by atoms with Crippen molar-refractivity contribution in [2.75, 3.05) is 26.8 Å². The summed E-state index contributed by atoms with van der Waals surface area (Å²) in [6.45, 7) is 2.96. The SMILES string of the molecule is COCCNCC(=O)NC(C)CC(=O)O. The van der Waals surface area contributed by atoms with Crippen LogP contribution in [0.1, 0.15) is 13.3 Å². The molecule has 0 saturated heterocycles. The molecule has 0 spiro atoms. The Labute approximate surface area is 89.0 Å². The van der Waals surface area contributed by atoms with Crippen LogP contribution in [0.5, 0.6) is 0 Å². The second-order valence-corrected chi connectivity index (χ2v) is 3.24. The zero-order valence-corrected chi connectivity index (χ0v) is 9.08. The number of rotatable bonds is 8. The highest BCUT2D eigenvalue weighted by Crippen LogP contribution is 1.89. The number of aliphatic carboxylic acids is 1. The van der Waals surface area contributed by atoms with Crippen LogP contribution in [0.15, 0.2) is 0 Å². The fourth-order valence-electron chi connectivity index (χ4n) is 1.01. The molecule has 88 valence electrons. The third kappa shape index (κ3) is 9.17. The van der Waals surface area contributed by atoms with E-state index in [1.54, 1.807) is 14.0 Å². The van der Waals surface area contributed by atoms with Gasteiger partial charge in [0.2, 0.25) is 5.91 Å². The standard InChI is InChI=1S/C9H18N2O4/c1-7(5-9(13)14)11-8(12)6-10-3-4-15-2/h7,10H,3-6H2,1-2H3,(H,11,12)(H,13,14). The van der Waals surface area contributed by atoms with E-state index in [0.717, 1.165) is 0 Å². The lowest BCUT2D eigenvalue weighted by atomic mass is 10.2. The molecule has 0 saturated carbocycles. The average molecular weight is 218 g/mol. The fourth-order valence-corrected chi connectivity index (χ4v) is 1.01. The summed E-state index contributed by atoms with van der Waals surface area (Å²) in [5, 5.41) is 13.9. The van der Waals surface area contributed by atoms with Crippen LogP contribution in [0.3, 0.4) is 0 Å². The van der Waals surface area contributed by atoms with Crippen molar-refractivity contribution in [3.05, 3.63) is 0 Å². The van der Waals surface area contributed by atoms with Crippen molar-refractivity contribution in [2.45, 2.75) is 19.4 Å². The van der Waals surface area contributed by atoms with Crippen molar-refractivity contribution in [3.63, 3.8) is 0 Å². The first-order valence-electron chi connectivity index (χ1n) is 4.77. The van der Waals surface area contributed by atoms with Crippen molar-refractivity contribution < 1.29 is 19.4 Å². The summed E-state index contributed by atoms with van der Waals surface area (Å²) in [6, 6.07) is -0.348. The number of ether oxygens (including phenoxy) is 1. The Morgan fingerprint density at radius 1 is 1.47 bits per heavy atom. The van der Waals surface area contributed by atoms with Gasteiger partial charge in [-0.25, -0.2) is 0 Å². The molecule has 0 aromatic rings. The minimum absolute atomic E-state index is 0.0657. The largest absolute Gasteiger partial charge is 0.481 e. The van der Waals surface area contributed by atoms with Gasteiger partial charge in [-0.15, -0.1) is 0 Å². The van der Waals surface area contributed by atoms with Gasteiger partial charge >= 0.3 is 5.97 Å². The lowest BCUT2D eigenvalue weighted by Crippen LogP contribution is -2.40. The number of amides is 1. The van der Waals surface area contributed by atoms with E-state index in [9.17, 15) is 9.59 Å². The normalized spacial score (nSPS) is 12.1. The molecule has 0 aliphatic heterocycles. The third-order valence-electron chi connectivity index (χ3n) is 1.66.